The summed E-state index contributed by atoms with van der Waals surface area (Å²) in [4.78, 5) is 35.4. The number of nitrogens with zero attached hydrogens (tertiary/aromatic N) is 1. The molecule has 1 aromatic carbocycles. The molecule has 0 radical (unpaired) electrons. The Kier molecular flexibility index (Phi) is 5.32. The lowest BCUT2D eigenvalue weighted by Crippen LogP contribution is -2.33. The van der Waals surface area contributed by atoms with E-state index in [1.165, 1.54) is 20.3 Å². The standard InChI is InChI=1S/C14H12BrNO6S/c1-21-9-3-7(8(15)5-10(9)22-2)4-11-13(19)16(6-12(17)18)14(20)23-11/h3-5H,6H2,1-2H3,(H,17,18)/b11-4+. The van der Waals surface area contributed by atoms with E-state index in [1.807, 2.05) is 0 Å². The van der Waals surface area contributed by atoms with E-state index in [0.717, 1.165) is 0 Å². The lowest BCUT2D eigenvalue weighted by molar-refractivity contribution is -0.140. The maximum absolute atomic E-state index is 12.1. The van der Waals surface area contributed by atoms with E-state index in [1.54, 1.807) is 12.1 Å². The number of carboxylic acid groups (broad SMARTS) is 1. The molecule has 0 aliphatic carbocycles. The minimum Gasteiger partial charge on any atom is -0.493 e. The van der Waals surface area contributed by atoms with Crippen LogP contribution in [0.5, 0.6) is 11.5 Å². The van der Waals surface area contributed by atoms with Crippen molar-refractivity contribution in [2.24, 2.45) is 0 Å². The van der Waals surface area contributed by atoms with E-state index in [-0.39, 0.29) is 4.91 Å². The molecular formula is C14H12BrNO6S. The molecule has 7 nitrogen and oxygen atoms in total. The molecule has 23 heavy (non-hydrogen) atoms. The second-order valence-electron chi connectivity index (χ2n) is 4.39. The van der Waals surface area contributed by atoms with Gasteiger partial charge in [0.25, 0.3) is 11.1 Å². The average molecular weight is 402 g/mol. The topological polar surface area (TPSA) is 93.1 Å². The molecule has 1 aromatic rings. The largest absolute Gasteiger partial charge is 0.493 e. The predicted molar refractivity (Wildman–Crippen MR) is 87.6 cm³/mol. The van der Waals surface area contributed by atoms with Gasteiger partial charge in [0.1, 0.15) is 6.54 Å². The number of amides is 2. The fraction of sp³-hybridized carbons (Fsp3) is 0.214. The first-order valence-electron chi connectivity index (χ1n) is 6.26. The number of imide groups is 1. The minimum absolute atomic E-state index is 0.143. The van der Waals surface area contributed by atoms with E-state index in [2.05, 4.69) is 15.9 Å². The number of methoxy groups -OCH3 is 2. The zero-order chi connectivity index (χ0) is 17.1. The number of ether oxygens (including phenoxy) is 2. The van der Waals surface area contributed by atoms with Crippen LogP contribution in [-0.4, -0.2) is 47.9 Å². The number of rotatable bonds is 5. The van der Waals surface area contributed by atoms with Gasteiger partial charge in [0.15, 0.2) is 11.5 Å². The number of carbonyl (C=O) groups is 3. The van der Waals surface area contributed by atoms with Crippen molar-refractivity contribution in [3.63, 3.8) is 0 Å². The van der Waals surface area contributed by atoms with Crippen LogP contribution < -0.4 is 9.47 Å². The van der Waals surface area contributed by atoms with Crippen LogP contribution in [0.3, 0.4) is 0 Å². The van der Waals surface area contributed by atoms with Gasteiger partial charge in [0, 0.05) is 4.47 Å². The molecule has 1 aliphatic rings. The maximum Gasteiger partial charge on any atom is 0.323 e. The third kappa shape index (κ3) is 3.67. The molecule has 2 amide bonds. The summed E-state index contributed by atoms with van der Waals surface area (Å²) in [7, 11) is 2.98. The van der Waals surface area contributed by atoms with Gasteiger partial charge in [-0.05, 0) is 35.5 Å². The first-order chi connectivity index (χ1) is 10.9. The fourth-order valence-corrected chi connectivity index (χ4v) is 3.16. The summed E-state index contributed by atoms with van der Waals surface area (Å²) in [6.07, 6.45) is 1.50. The van der Waals surface area contributed by atoms with Crippen LogP contribution in [0.4, 0.5) is 4.79 Å². The van der Waals surface area contributed by atoms with Gasteiger partial charge in [-0.15, -0.1) is 0 Å². The summed E-state index contributed by atoms with van der Waals surface area (Å²) >= 11 is 4.05. The number of aliphatic carboxylic acids is 1. The van der Waals surface area contributed by atoms with E-state index in [0.29, 0.717) is 38.2 Å². The van der Waals surface area contributed by atoms with E-state index >= 15 is 0 Å². The van der Waals surface area contributed by atoms with Gasteiger partial charge in [-0.2, -0.15) is 0 Å². The van der Waals surface area contributed by atoms with Crippen molar-refractivity contribution in [2.45, 2.75) is 0 Å². The van der Waals surface area contributed by atoms with Gasteiger partial charge in [-0.3, -0.25) is 19.3 Å². The van der Waals surface area contributed by atoms with Crippen LogP contribution >= 0.6 is 27.7 Å². The summed E-state index contributed by atoms with van der Waals surface area (Å²) < 4.78 is 11.0. The molecule has 1 fully saturated rings. The van der Waals surface area contributed by atoms with E-state index < -0.39 is 23.7 Å². The van der Waals surface area contributed by atoms with E-state index in [4.69, 9.17) is 14.6 Å². The molecule has 1 heterocycles. The van der Waals surface area contributed by atoms with Crippen molar-refractivity contribution in [3.8, 4) is 11.5 Å². The molecular weight excluding hydrogens is 390 g/mol. The first kappa shape index (κ1) is 17.4. The molecule has 0 unspecified atom stereocenters. The Hall–Kier alpha value is -2.00. The summed E-state index contributed by atoms with van der Waals surface area (Å²) in [6.45, 7) is -0.658. The number of carbonyl (C=O) groups excluding carboxylic acids is 2. The highest BCUT2D eigenvalue weighted by Crippen LogP contribution is 2.37. The summed E-state index contributed by atoms with van der Waals surface area (Å²) in [5.41, 5.74) is 0.600. The Balaban J connectivity index is 2.37. The van der Waals surface area contributed by atoms with Crippen LogP contribution in [0, 0.1) is 0 Å². The van der Waals surface area contributed by atoms with Crippen LogP contribution in [0.2, 0.25) is 0 Å². The van der Waals surface area contributed by atoms with Gasteiger partial charge >= 0.3 is 5.97 Å². The molecule has 0 aromatic heterocycles. The number of benzene rings is 1. The zero-order valence-electron chi connectivity index (χ0n) is 12.2. The lowest BCUT2D eigenvalue weighted by atomic mass is 10.2. The molecule has 9 heteroatoms. The SMILES string of the molecule is COc1cc(Br)c(/C=C2/SC(=O)N(CC(=O)O)C2=O)cc1OC. The summed E-state index contributed by atoms with van der Waals surface area (Å²) in [5.74, 6) is -0.910. The highest BCUT2D eigenvalue weighted by molar-refractivity contribution is 9.10. The van der Waals surface area contributed by atoms with E-state index in [9.17, 15) is 14.4 Å². The Morgan fingerprint density at radius 2 is 1.91 bits per heavy atom. The van der Waals surface area contributed by atoms with Crippen molar-refractivity contribution in [2.75, 3.05) is 20.8 Å². The number of hydrogen-bond acceptors (Lipinski definition) is 6. The summed E-state index contributed by atoms with van der Waals surface area (Å²) in [5, 5.41) is 8.13. The second kappa shape index (κ2) is 7.05. The molecule has 0 bridgehead atoms. The molecule has 0 spiro atoms. The third-order valence-corrected chi connectivity index (χ3v) is 4.55. The predicted octanol–water partition coefficient (Wildman–Crippen LogP) is 2.59. The molecule has 1 aliphatic heterocycles. The van der Waals surface area contributed by atoms with Crippen molar-refractivity contribution < 1.29 is 29.0 Å². The van der Waals surface area contributed by atoms with Crippen LogP contribution in [0.15, 0.2) is 21.5 Å². The highest BCUT2D eigenvalue weighted by Gasteiger charge is 2.36. The molecule has 122 valence electrons. The minimum atomic E-state index is -1.25. The van der Waals surface area contributed by atoms with Crippen molar-refractivity contribution >= 4 is 50.9 Å². The Labute approximate surface area is 144 Å². The Morgan fingerprint density at radius 1 is 1.30 bits per heavy atom. The average Bonchev–Trinajstić information content (AvgIpc) is 2.76. The number of carboxylic acids is 1. The number of thioether (sulfide) groups is 1. The third-order valence-electron chi connectivity index (χ3n) is 2.96. The molecule has 1 saturated heterocycles. The second-order valence-corrected chi connectivity index (χ2v) is 6.24. The van der Waals surface area contributed by atoms with Gasteiger partial charge < -0.3 is 14.6 Å². The van der Waals surface area contributed by atoms with Gasteiger partial charge in [0.05, 0.1) is 19.1 Å². The Morgan fingerprint density at radius 3 is 2.48 bits per heavy atom. The zero-order valence-corrected chi connectivity index (χ0v) is 14.6. The fourth-order valence-electron chi connectivity index (χ4n) is 1.89. The highest BCUT2D eigenvalue weighted by atomic mass is 79.9. The van der Waals surface area contributed by atoms with Crippen LogP contribution in [0.1, 0.15) is 5.56 Å². The number of hydrogen-bond donors (Lipinski definition) is 1. The molecule has 0 atom stereocenters. The molecule has 2 rings (SSSR count). The van der Waals surface area contributed by atoms with Crippen LogP contribution in [-0.2, 0) is 9.59 Å². The van der Waals surface area contributed by atoms with Gasteiger partial charge in [-0.25, -0.2) is 0 Å². The Bertz CT molecular complexity index is 717. The van der Waals surface area contributed by atoms with Crippen molar-refractivity contribution in [1.29, 1.82) is 0 Å². The summed E-state index contributed by atoms with van der Waals surface area (Å²) in [6, 6.07) is 3.32. The monoisotopic (exact) mass is 401 g/mol. The molecule has 1 N–H and O–H groups in total. The van der Waals surface area contributed by atoms with Gasteiger partial charge in [0.2, 0.25) is 0 Å². The lowest BCUT2D eigenvalue weighted by Gasteiger charge is -2.10. The van der Waals surface area contributed by atoms with Crippen molar-refractivity contribution in [3.05, 3.63) is 27.1 Å². The quantitative estimate of drug-likeness (QED) is 0.757. The normalized spacial score (nSPS) is 16.1. The van der Waals surface area contributed by atoms with Crippen LogP contribution in [0.25, 0.3) is 6.08 Å². The maximum atomic E-state index is 12.1. The smallest absolute Gasteiger partial charge is 0.323 e. The number of halogens is 1. The van der Waals surface area contributed by atoms with Crippen molar-refractivity contribution in [1.82, 2.24) is 4.90 Å². The molecule has 0 saturated carbocycles. The first-order valence-corrected chi connectivity index (χ1v) is 7.87. The van der Waals surface area contributed by atoms with Gasteiger partial charge in [-0.1, -0.05) is 15.9 Å².